The summed E-state index contributed by atoms with van der Waals surface area (Å²) >= 11 is 1.66. The van der Waals surface area contributed by atoms with Crippen molar-refractivity contribution in [2.75, 3.05) is 26.4 Å². The van der Waals surface area contributed by atoms with Crippen molar-refractivity contribution >= 4 is 19.2 Å². The molecule has 2 unspecified atom stereocenters. The Labute approximate surface area is 274 Å². The number of phosphoric ester groups is 1. The Morgan fingerprint density at radius 1 is 0.867 bits per heavy atom. The van der Waals surface area contributed by atoms with Crippen LogP contribution in [0.2, 0.25) is 0 Å². The Balaban J connectivity index is 1.41. The number of aromatic nitrogens is 1. The van der Waals surface area contributed by atoms with Gasteiger partial charge >= 0.3 is 7.82 Å². The van der Waals surface area contributed by atoms with Gasteiger partial charge in [0.2, 0.25) is 5.51 Å². The van der Waals surface area contributed by atoms with E-state index in [0.29, 0.717) is 25.5 Å². The molecule has 0 radical (unpaired) electrons. The lowest BCUT2D eigenvalue weighted by Crippen LogP contribution is -2.30. The van der Waals surface area contributed by atoms with Crippen molar-refractivity contribution in [2.24, 2.45) is 0 Å². The van der Waals surface area contributed by atoms with Gasteiger partial charge in [-0.3, -0.25) is 9.42 Å². The number of hydrogen-bond acceptors (Lipinski definition) is 7. The van der Waals surface area contributed by atoms with Crippen molar-refractivity contribution in [2.45, 2.75) is 105 Å². The molecular weight excluding hydrogens is 609 g/mol. The van der Waals surface area contributed by atoms with Crippen LogP contribution in [-0.2, 0) is 20.4 Å². The number of aryl methyl sites for hydroxylation is 1. The molecule has 2 atom stereocenters. The van der Waals surface area contributed by atoms with Crippen molar-refractivity contribution in [1.29, 1.82) is 0 Å². The number of nitrogens with zero attached hydrogens (tertiary/aromatic N) is 1. The molecule has 45 heavy (non-hydrogen) atoms. The number of thiazole rings is 1. The van der Waals surface area contributed by atoms with Gasteiger partial charge in [0.05, 0.1) is 18.1 Å². The second kappa shape index (κ2) is 20.7. The lowest BCUT2D eigenvalue weighted by molar-refractivity contribution is -0.683. The number of unbranched alkanes of at least 4 members (excludes halogenated alkanes) is 9. The predicted molar refractivity (Wildman–Crippen MR) is 181 cm³/mol. The molecule has 250 valence electrons. The van der Waals surface area contributed by atoms with Crippen molar-refractivity contribution in [1.82, 2.24) is 0 Å². The minimum atomic E-state index is -4.39. The highest BCUT2D eigenvalue weighted by molar-refractivity contribution is 7.47. The molecule has 0 aliphatic carbocycles. The smallest absolute Gasteiger partial charge is 0.493 e. The monoisotopic (exact) mass is 662 g/mol. The van der Waals surface area contributed by atoms with Crippen molar-refractivity contribution in [3.05, 3.63) is 70.2 Å². The second-order valence-electron chi connectivity index (χ2n) is 11.4. The van der Waals surface area contributed by atoms with Gasteiger partial charge in [0.1, 0.15) is 30.0 Å². The summed E-state index contributed by atoms with van der Waals surface area (Å²) in [6, 6.07) is 12.9. The van der Waals surface area contributed by atoms with Crippen LogP contribution in [0.5, 0.6) is 17.2 Å². The van der Waals surface area contributed by atoms with Crippen LogP contribution in [0.1, 0.15) is 94.1 Å². The summed E-state index contributed by atoms with van der Waals surface area (Å²) in [7, 11) is -4.39. The lowest BCUT2D eigenvalue weighted by Gasteiger charge is -2.21. The number of rotatable bonds is 24. The fourth-order valence-electron chi connectivity index (χ4n) is 5.02. The van der Waals surface area contributed by atoms with E-state index in [9.17, 15) is 9.46 Å². The lowest BCUT2D eigenvalue weighted by atomic mass is 10.1. The normalized spacial score (nSPS) is 13.4. The van der Waals surface area contributed by atoms with Crippen LogP contribution in [0.15, 0.2) is 54.2 Å². The molecule has 1 heterocycles. The maximum Gasteiger partial charge on any atom is 0.527 e. The number of phosphoric acid groups is 1. The molecule has 0 bridgehead atoms. The first-order valence-electron chi connectivity index (χ1n) is 16.5. The molecule has 3 aromatic rings. The molecule has 0 fully saturated rings. The first-order valence-corrected chi connectivity index (χ1v) is 18.8. The van der Waals surface area contributed by atoms with E-state index in [0.717, 1.165) is 23.3 Å². The van der Waals surface area contributed by atoms with Crippen LogP contribution in [0.3, 0.4) is 0 Å². The van der Waals surface area contributed by atoms with Crippen molar-refractivity contribution in [3.63, 3.8) is 0 Å². The average molecular weight is 663 g/mol. The fourth-order valence-corrected chi connectivity index (χ4v) is 6.44. The molecule has 0 aliphatic heterocycles. The van der Waals surface area contributed by atoms with E-state index < -0.39 is 13.9 Å². The molecule has 0 saturated carbocycles. The third kappa shape index (κ3) is 14.7. The number of ether oxygens (including phenoxy) is 3. The zero-order valence-corrected chi connectivity index (χ0v) is 29.3. The SMILES string of the molecule is CCCCCCCCCCCCOc1cccc(OCC(COP(=O)(O)Oc2cccc(C[n+]3csc(C)c3)c2)OCC)c1C. The van der Waals surface area contributed by atoms with Crippen LogP contribution in [0.4, 0.5) is 0 Å². The second-order valence-corrected chi connectivity index (χ2v) is 13.9. The fraction of sp³-hybridized carbons (Fsp3) is 0.571. The highest BCUT2D eigenvalue weighted by Gasteiger charge is 2.26. The summed E-state index contributed by atoms with van der Waals surface area (Å²) in [6.45, 7) is 9.81. The van der Waals surface area contributed by atoms with Gasteiger partial charge in [-0.1, -0.05) is 94.2 Å². The van der Waals surface area contributed by atoms with Gasteiger partial charge in [-0.05, 0) is 51.5 Å². The molecule has 0 saturated heterocycles. The quantitative estimate of drug-likeness (QED) is 0.0582. The summed E-state index contributed by atoms with van der Waals surface area (Å²) < 4.78 is 43.4. The molecule has 0 amide bonds. The first-order chi connectivity index (χ1) is 21.8. The number of hydrogen-bond donors (Lipinski definition) is 1. The summed E-state index contributed by atoms with van der Waals surface area (Å²) in [4.78, 5) is 11.6. The van der Waals surface area contributed by atoms with Crippen LogP contribution < -0.4 is 18.6 Å². The topological polar surface area (TPSA) is 87.3 Å². The summed E-state index contributed by atoms with van der Waals surface area (Å²) in [6.07, 6.45) is 14.4. The summed E-state index contributed by atoms with van der Waals surface area (Å²) in [5.74, 6) is 1.75. The van der Waals surface area contributed by atoms with E-state index in [1.807, 2.05) is 50.5 Å². The van der Waals surface area contributed by atoms with E-state index in [1.54, 1.807) is 29.5 Å². The molecule has 10 heteroatoms. The van der Waals surface area contributed by atoms with Crippen LogP contribution in [0.25, 0.3) is 0 Å². The highest BCUT2D eigenvalue weighted by atomic mass is 32.1. The van der Waals surface area contributed by atoms with Crippen molar-refractivity contribution in [3.8, 4) is 17.2 Å². The zero-order valence-electron chi connectivity index (χ0n) is 27.6. The van der Waals surface area contributed by atoms with Gasteiger partial charge in [0.15, 0.2) is 12.7 Å². The molecule has 1 aromatic heterocycles. The highest BCUT2D eigenvalue weighted by Crippen LogP contribution is 2.44. The minimum Gasteiger partial charge on any atom is -0.493 e. The standard InChI is InChI=1S/C35H52NO7PS/c1-5-7-8-9-10-11-12-13-14-15-22-40-34-20-17-21-35(30(34)4)41-26-33(39-6-2)27-42-44(37,38)43-32-19-16-18-31(23-32)25-36-24-29(3)45-28-36/h16-21,23-24,28,33H,5-15,22,25-27H2,1-4H3/p+1. The third-order valence-corrected chi connectivity index (χ3v) is 9.22. The summed E-state index contributed by atoms with van der Waals surface area (Å²) in [5, 5.41) is 0. The Hall–Kier alpha value is -2.42. The van der Waals surface area contributed by atoms with E-state index in [4.69, 9.17) is 23.3 Å². The largest absolute Gasteiger partial charge is 0.527 e. The summed E-state index contributed by atoms with van der Waals surface area (Å²) in [5.41, 5.74) is 3.89. The molecule has 1 N–H and O–H groups in total. The van der Waals surface area contributed by atoms with Crippen LogP contribution in [0, 0.1) is 13.8 Å². The molecular formula is C35H53NO7PS+. The minimum absolute atomic E-state index is 0.142. The van der Waals surface area contributed by atoms with Crippen LogP contribution >= 0.6 is 19.2 Å². The van der Waals surface area contributed by atoms with Crippen LogP contribution in [-0.4, -0.2) is 37.4 Å². The molecule has 0 spiro atoms. The van der Waals surface area contributed by atoms with Gasteiger partial charge in [-0.15, -0.1) is 0 Å². The first kappa shape index (κ1) is 37.0. The Kier molecular flexibility index (Phi) is 17.0. The molecule has 3 rings (SSSR count). The van der Waals surface area contributed by atoms with Gasteiger partial charge in [-0.2, -0.15) is 4.57 Å². The van der Waals surface area contributed by atoms with E-state index in [1.165, 1.54) is 62.7 Å². The third-order valence-electron chi connectivity index (χ3n) is 7.45. The van der Waals surface area contributed by atoms with E-state index in [2.05, 4.69) is 17.7 Å². The molecule has 0 aliphatic rings. The maximum absolute atomic E-state index is 12.8. The van der Waals surface area contributed by atoms with Gasteiger partial charge in [-0.25, -0.2) is 4.57 Å². The number of benzene rings is 2. The zero-order chi connectivity index (χ0) is 32.3. The van der Waals surface area contributed by atoms with E-state index in [-0.39, 0.29) is 19.0 Å². The van der Waals surface area contributed by atoms with Crippen molar-refractivity contribution < 1.29 is 37.3 Å². The predicted octanol–water partition coefficient (Wildman–Crippen LogP) is 8.98. The van der Waals surface area contributed by atoms with Gasteiger partial charge in [0, 0.05) is 17.7 Å². The van der Waals surface area contributed by atoms with Gasteiger partial charge in [0.25, 0.3) is 0 Å². The molecule has 8 nitrogen and oxygen atoms in total. The Bertz CT molecular complexity index is 1300. The van der Waals surface area contributed by atoms with Gasteiger partial charge < -0.3 is 18.7 Å². The molecule has 2 aromatic carbocycles. The average Bonchev–Trinajstić information content (AvgIpc) is 3.42. The van der Waals surface area contributed by atoms with E-state index >= 15 is 0 Å². The Morgan fingerprint density at radius 2 is 1.53 bits per heavy atom. The Morgan fingerprint density at radius 3 is 2.20 bits per heavy atom. The maximum atomic E-state index is 12.8.